The Balaban J connectivity index is 2.41. The standard InChI is InChI=1S/C15H28N2O4/c1-11(2)10-20-13(18)16-12-7-6-8-17(9-12)14(19)21-15(3,4)5/h11-12H,6-10H2,1-5H3,(H,16,18)/t12-/m1/s1. The Kier molecular flexibility index (Phi) is 6.30. The zero-order chi connectivity index (χ0) is 16.0. The van der Waals surface area contributed by atoms with Crippen LogP contribution in [0.4, 0.5) is 9.59 Å². The molecule has 6 heteroatoms. The lowest BCUT2D eigenvalue weighted by Gasteiger charge is -2.34. The zero-order valence-electron chi connectivity index (χ0n) is 13.8. The van der Waals surface area contributed by atoms with Crippen molar-refractivity contribution in [1.82, 2.24) is 10.2 Å². The van der Waals surface area contributed by atoms with Crippen LogP contribution in [0.1, 0.15) is 47.5 Å². The number of piperidine rings is 1. The molecule has 1 saturated heterocycles. The molecule has 1 rings (SSSR count). The Hall–Kier alpha value is -1.46. The first-order valence-electron chi connectivity index (χ1n) is 7.58. The van der Waals surface area contributed by atoms with Gasteiger partial charge in [0.15, 0.2) is 0 Å². The van der Waals surface area contributed by atoms with Gasteiger partial charge in [-0.05, 0) is 39.5 Å². The minimum atomic E-state index is -0.506. The number of hydrogen-bond acceptors (Lipinski definition) is 4. The number of amides is 2. The smallest absolute Gasteiger partial charge is 0.410 e. The zero-order valence-corrected chi connectivity index (χ0v) is 13.8. The second kappa shape index (κ2) is 7.52. The first-order chi connectivity index (χ1) is 9.67. The van der Waals surface area contributed by atoms with E-state index in [-0.39, 0.29) is 12.1 Å². The van der Waals surface area contributed by atoms with Gasteiger partial charge in [0.2, 0.25) is 0 Å². The summed E-state index contributed by atoms with van der Waals surface area (Å²) < 4.78 is 10.5. The number of alkyl carbamates (subject to hydrolysis) is 1. The van der Waals surface area contributed by atoms with Crippen molar-refractivity contribution in [2.24, 2.45) is 5.92 Å². The van der Waals surface area contributed by atoms with Crippen LogP contribution in [0.25, 0.3) is 0 Å². The van der Waals surface area contributed by atoms with E-state index < -0.39 is 11.7 Å². The van der Waals surface area contributed by atoms with Gasteiger partial charge >= 0.3 is 12.2 Å². The number of carbonyl (C=O) groups is 2. The highest BCUT2D eigenvalue weighted by atomic mass is 16.6. The minimum absolute atomic E-state index is 0.0778. The molecule has 0 aliphatic carbocycles. The number of ether oxygens (including phenoxy) is 2. The first kappa shape index (κ1) is 17.6. The highest BCUT2D eigenvalue weighted by molar-refractivity contribution is 5.69. The van der Waals surface area contributed by atoms with Gasteiger partial charge in [-0.25, -0.2) is 9.59 Å². The fourth-order valence-electron chi connectivity index (χ4n) is 2.04. The molecule has 1 aliphatic rings. The summed E-state index contributed by atoms with van der Waals surface area (Å²) in [6.07, 6.45) is 0.939. The van der Waals surface area contributed by atoms with Crippen molar-refractivity contribution in [2.75, 3.05) is 19.7 Å². The van der Waals surface area contributed by atoms with E-state index in [0.717, 1.165) is 12.8 Å². The van der Waals surface area contributed by atoms with Crippen LogP contribution in [-0.2, 0) is 9.47 Å². The van der Waals surface area contributed by atoms with Crippen LogP contribution in [0.15, 0.2) is 0 Å². The summed E-state index contributed by atoms with van der Waals surface area (Å²) in [6.45, 7) is 11.0. The molecule has 0 bridgehead atoms. The summed E-state index contributed by atoms with van der Waals surface area (Å²) in [5.74, 6) is 0.306. The van der Waals surface area contributed by atoms with E-state index in [4.69, 9.17) is 9.47 Å². The molecule has 122 valence electrons. The Bertz CT molecular complexity index is 363. The van der Waals surface area contributed by atoms with Crippen LogP contribution < -0.4 is 5.32 Å². The Morgan fingerprint density at radius 1 is 1.33 bits per heavy atom. The van der Waals surface area contributed by atoms with Gasteiger partial charge in [0.25, 0.3) is 0 Å². The number of hydrogen-bond donors (Lipinski definition) is 1. The molecule has 1 heterocycles. The quantitative estimate of drug-likeness (QED) is 0.870. The van der Waals surface area contributed by atoms with Crippen LogP contribution in [0.2, 0.25) is 0 Å². The molecular formula is C15H28N2O4. The Labute approximate surface area is 127 Å². The van der Waals surface area contributed by atoms with E-state index >= 15 is 0 Å². The molecule has 0 spiro atoms. The normalized spacial score (nSPS) is 19.3. The lowest BCUT2D eigenvalue weighted by Crippen LogP contribution is -2.50. The second-order valence-electron chi connectivity index (χ2n) is 6.90. The van der Waals surface area contributed by atoms with E-state index in [2.05, 4.69) is 5.32 Å². The van der Waals surface area contributed by atoms with Gasteiger partial charge in [-0.2, -0.15) is 0 Å². The average molecular weight is 300 g/mol. The highest BCUT2D eigenvalue weighted by Crippen LogP contribution is 2.15. The monoisotopic (exact) mass is 300 g/mol. The van der Waals surface area contributed by atoms with E-state index in [0.29, 0.717) is 25.6 Å². The van der Waals surface area contributed by atoms with Gasteiger partial charge < -0.3 is 19.7 Å². The fourth-order valence-corrected chi connectivity index (χ4v) is 2.04. The van der Waals surface area contributed by atoms with Crippen LogP contribution >= 0.6 is 0 Å². The molecule has 1 N–H and O–H groups in total. The maximum absolute atomic E-state index is 12.0. The maximum atomic E-state index is 12.0. The van der Waals surface area contributed by atoms with Crippen LogP contribution in [0.3, 0.4) is 0 Å². The molecule has 0 aromatic rings. The molecule has 1 atom stereocenters. The summed E-state index contributed by atoms with van der Waals surface area (Å²) >= 11 is 0. The molecule has 21 heavy (non-hydrogen) atoms. The molecule has 0 radical (unpaired) electrons. The van der Waals surface area contributed by atoms with E-state index in [1.165, 1.54) is 0 Å². The molecule has 1 aliphatic heterocycles. The molecule has 0 aromatic heterocycles. The largest absolute Gasteiger partial charge is 0.449 e. The number of nitrogens with zero attached hydrogens (tertiary/aromatic N) is 1. The Morgan fingerprint density at radius 2 is 2.00 bits per heavy atom. The van der Waals surface area contributed by atoms with Crippen LogP contribution in [0.5, 0.6) is 0 Å². The van der Waals surface area contributed by atoms with Gasteiger partial charge in [-0.15, -0.1) is 0 Å². The van der Waals surface area contributed by atoms with Gasteiger partial charge in [0.1, 0.15) is 5.60 Å². The molecule has 1 fully saturated rings. The minimum Gasteiger partial charge on any atom is -0.449 e. The number of carbonyl (C=O) groups excluding carboxylic acids is 2. The molecule has 0 unspecified atom stereocenters. The lowest BCUT2D eigenvalue weighted by molar-refractivity contribution is 0.0184. The van der Waals surface area contributed by atoms with E-state index in [1.807, 2.05) is 34.6 Å². The van der Waals surface area contributed by atoms with Gasteiger partial charge in [-0.1, -0.05) is 13.8 Å². The molecule has 0 saturated carbocycles. The summed E-state index contributed by atoms with van der Waals surface area (Å²) in [4.78, 5) is 25.3. The number of nitrogens with one attached hydrogen (secondary N) is 1. The Morgan fingerprint density at radius 3 is 2.57 bits per heavy atom. The van der Waals surface area contributed by atoms with Crippen LogP contribution in [0, 0.1) is 5.92 Å². The van der Waals surface area contributed by atoms with Crippen molar-refractivity contribution < 1.29 is 19.1 Å². The predicted octanol–water partition coefficient (Wildman–Crippen LogP) is 2.77. The average Bonchev–Trinajstić information content (AvgIpc) is 2.34. The van der Waals surface area contributed by atoms with Gasteiger partial charge in [0, 0.05) is 19.1 Å². The summed E-state index contributed by atoms with van der Waals surface area (Å²) in [7, 11) is 0. The maximum Gasteiger partial charge on any atom is 0.410 e. The van der Waals surface area contributed by atoms with Crippen molar-refractivity contribution in [1.29, 1.82) is 0 Å². The summed E-state index contributed by atoms with van der Waals surface area (Å²) in [6, 6.07) is -0.0778. The van der Waals surface area contributed by atoms with Crippen molar-refractivity contribution in [2.45, 2.75) is 59.1 Å². The molecule has 0 aromatic carbocycles. The fraction of sp³-hybridized carbons (Fsp3) is 0.867. The van der Waals surface area contributed by atoms with E-state index in [1.54, 1.807) is 4.90 Å². The number of likely N-dealkylation sites (tertiary alicyclic amines) is 1. The molecular weight excluding hydrogens is 272 g/mol. The third-order valence-electron chi connectivity index (χ3n) is 2.94. The predicted molar refractivity (Wildman–Crippen MR) is 80.2 cm³/mol. The first-order valence-corrected chi connectivity index (χ1v) is 7.58. The highest BCUT2D eigenvalue weighted by Gasteiger charge is 2.28. The second-order valence-corrected chi connectivity index (χ2v) is 6.90. The SMILES string of the molecule is CC(C)COC(=O)N[C@@H]1CCCN(C(=O)OC(C)(C)C)C1. The van der Waals surface area contributed by atoms with E-state index in [9.17, 15) is 9.59 Å². The number of rotatable bonds is 3. The summed E-state index contributed by atoms with van der Waals surface area (Å²) in [5.41, 5.74) is -0.506. The lowest BCUT2D eigenvalue weighted by atomic mass is 10.1. The topological polar surface area (TPSA) is 67.9 Å². The van der Waals surface area contributed by atoms with Crippen molar-refractivity contribution in [3.63, 3.8) is 0 Å². The van der Waals surface area contributed by atoms with Gasteiger partial charge in [-0.3, -0.25) is 0 Å². The van der Waals surface area contributed by atoms with Gasteiger partial charge in [0.05, 0.1) is 6.61 Å². The van der Waals surface area contributed by atoms with Crippen LogP contribution in [-0.4, -0.2) is 48.4 Å². The third-order valence-corrected chi connectivity index (χ3v) is 2.94. The molecule has 2 amide bonds. The third kappa shape index (κ3) is 7.20. The molecule has 6 nitrogen and oxygen atoms in total. The van der Waals surface area contributed by atoms with Crippen molar-refractivity contribution >= 4 is 12.2 Å². The van der Waals surface area contributed by atoms with Crippen molar-refractivity contribution in [3.8, 4) is 0 Å². The van der Waals surface area contributed by atoms with Crippen molar-refractivity contribution in [3.05, 3.63) is 0 Å². The summed E-state index contributed by atoms with van der Waals surface area (Å²) in [5, 5.41) is 2.81.